The number of hydrogen-bond acceptors (Lipinski definition) is 2. The van der Waals surface area contributed by atoms with E-state index in [2.05, 4.69) is 6.92 Å². The molecular formula is C10H19NO. The lowest BCUT2D eigenvalue weighted by atomic mass is 9.84. The molecule has 0 amide bonds. The Bertz CT molecular complexity index is 171. The van der Waals surface area contributed by atoms with Gasteiger partial charge in [-0.2, -0.15) is 0 Å². The van der Waals surface area contributed by atoms with Gasteiger partial charge in [0.2, 0.25) is 0 Å². The van der Waals surface area contributed by atoms with Crippen LogP contribution < -0.4 is 5.73 Å². The SMILES string of the molecule is CCOC1(CN)CC2CCC1C2. The zero-order valence-corrected chi connectivity index (χ0v) is 7.88. The highest BCUT2D eigenvalue weighted by molar-refractivity contribution is 5.02. The topological polar surface area (TPSA) is 35.2 Å². The van der Waals surface area contributed by atoms with Crippen molar-refractivity contribution in [3.05, 3.63) is 0 Å². The van der Waals surface area contributed by atoms with Gasteiger partial charge in [-0.25, -0.2) is 0 Å². The maximum atomic E-state index is 5.85. The van der Waals surface area contributed by atoms with Crippen LogP contribution in [-0.4, -0.2) is 18.8 Å². The maximum absolute atomic E-state index is 5.85. The summed E-state index contributed by atoms with van der Waals surface area (Å²) >= 11 is 0. The number of hydrogen-bond donors (Lipinski definition) is 1. The van der Waals surface area contributed by atoms with Gasteiger partial charge < -0.3 is 10.5 Å². The second-order valence-electron chi connectivity index (χ2n) is 4.28. The Morgan fingerprint density at radius 2 is 2.33 bits per heavy atom. The number of fused-ring (bicyclic) bond motifs is 2. The molecule has 2 aliphatic rings. The van der Waals surface area contributed by atoms with Gasteiger partial charge in [0.25, 0.3) is 0 Å². The van der Waals surface area contributed by atoms with E-state index < -0.39 is 0 Å². The molecule has 2 aliphatic carbocycles. The van der Waals surface area contributed by atoms with Crippen LogP contribution in [0.2, 0.25) is 0 Å². The molecule has 2 fully saturated rings. The minimum Gasteiger partial charge on any atom is -0.374 e. The fraction of sp³-hybridized carbons (Fsp3) is 1.00. The molecule has 70 valence electrons. The minimum absolute atomic E-state index is 0.0810. The first-order valence-corrected chi connectivity index (χ1v) is 5.15. The van der Waals surface area contributed by atoms with E-state index in [-0.39, 0.29) is 5.60 Å². The van der Waals surface area contributed by atoms with Gasteiger partial charge in [0.15, 0.2) is 0 Å². The maximum Gasteiger partial charge on any atom is 0.0834 e. The smallest absolute Gasteiger partial charge is 0.0834 e. The highest BCUT2D eigenvalue weighted by Gasteiger charge is 2.50. The molecule has 3 unspecified atom stereocenters. The zero-order chi connectivity index (χ0) is 8.60. The van der Waals surface area contributed by atoms with Crippen LogP contribution in [0.1, 0.15) is 32.6 Å². The predicted molar refractivity (Wildman–Crippen MR) is 48.9 cm³/mol. The van der Waals surface area contributed by atoms with E-state index in [0.717, 1.165) is 25.0 Å². The van der Waals surface area contributed by atoms with Crippen molar-refractivity contribution in [2.75, 3.05) is 13.2 Å². The number of nitrogens with two attached hydrogens (primary N) is 1. The fourth-order valence-electron chi connectivity index (χ4n) is 3.17. The van der Waals surface area contributed by atoms with Crippen molar-refractivity contribution in [2.24, 2.45) is 17.6 Å². The Kier molecular flexibility index (Phi) is 2.13. The first-order valence-electron chi connectivity index (χ1n) is 5.15. The van der Waals surface area contributed by atoms with Crippen molar-refractivity contribution in [1.82, 2.24) is 0 Å². The normalized spacial score (nSPS) is 45.5. The lowest BCUT2D eigenvalue weighted by Gasteiger charge is -2.36. The Labute approximate surface area is 74.5 Å². The highest BCUT2D eigenvalue weighted by Crippen LogP contribution is 2.52. The summed E-state index contributed by atoms with van der Waals surface area (Å²) in [5.74, 6) is 1.69. The van der Waals surface area contributed by atoms with Gasteiger partial charge >= 0.3 is 0 Å². The van der Waals surface area contributed by atoms with Crippen molar-refractivity contribution in [3.63, 3.8) is 0 Å². The molecule has 2 N–H and O–H groups in total. The fourth-order valence-corrected chi connectivity index (χ4v) is 3.17. The zero-order valence-electron chi connectivity index (χ0n) is 7.88. The molecule has 12 heavy (non-hydrogen) atoms. The van der Waals surface area contributed by atoms with Crippen LogP contribution in [-0.2, 0) is 4.74 Å². The third-order valence-corrected chi connectivity index (χ3v) is 3.70. The quantitative estimate of drug-likeness (QED) is 0.695. The summed E-state index contributed by atoms with van der Waals surface area (Å²) in [5, 5.41) is 0. The molecule has 0 aromatic heterocycles. The molecule has 2 nitrogen and oxygen atoms in total. The van der Waals surface area contributed by atoms with Crippen LogP contribution in [0, 0.1) is 11.8 Å². The molecule has 2 rings (SSSR count). The second-order valence-corrected chi connectivity index (χ2v) is 4.28. The molecule has 2 saturated carbocycles. The standard InChI is InChI=1S/C10H19NO/c1-2-12-10(7-11)6-8-3-4-9(10)5-8/h8-9H,2-7,11H2,1H3. The Morgan fingerprint density at radius 3 is 2.75 bits per heavy atom. The summed E-state index contributed by atoms with van der Waals surface area (Å²) in [6.45, 7) is 3.62. The van der Waals surface area contributed by atoms with Gasteiger partial charge in [-0.15, -0.1) is 0 Å². The van der Waals surface area contributed by atoms with Gasteiger partial charge in [0.1, 0.15) is 0 Å². The van der Waals surface area contributed by atoms with Crippen LogP contribution in [0.15, 0.2) is 0 Å². The lowest BCUT2D eigenvalue weighted by molar-refractivity contribution is -0.0707. The first kappa shape index (κ1) is 8.52. The third-order valence-electron chi connectivity index (χ3n) is 3.70. The monoisotopic (exact) mass is 169 g/mol. The average molecular weight is 169 g/mol. The van der Waals surface area contributed by atoms with Gasteiger partial charge in [-0.1, -0.05) is 0 Å². The lowest BCUT2D eigenvalue weighted by Crippen LogP contribution is -2.45. The van der Waals surface area contributed by atoms with E-state index in [1.807, 2.05) is 0 Å². The molecule has 0 heterocycles. The van der Waals surface area contributed by atoms with Crippen LogP contribution in [0.4, 0.5) is 0 Å². The molecule has 0 aromatic carbocycles. The van der Waals surface area contributed by atoms with Gasteiger partial charge in [0, 0.05) is 13.2 Å². The van der Waals surface area contributed by atoms with Crippen LogP contribution in [0.3, 0.4) is 0 Å². The van der Waals surface area contributed by atoms with Crippen molar-refractivity contribution in [3.8, 4) is 0 Å². The highest BCUT2D eigenvalue weighted by atomic mass is 16.5. The van der Waals surface area contributed by atoms with Gasteiger partial charge in [-0.3, -0.25) is 0 Å². The number of ether oxygens (including phenoxy) is 1. The van der Waals surface area contributed by atoms with Crippen molar-refractivity contribution in [2.45, 2.75) is 38.2 Å². The molecule has 0 aromatic rings. The summed E-state index contributed by atoms with van der Waals surface area (Å²) in [5.41, 5.74) is 5.90. The van der Waals surface area contributed by atoms with Gasteiger partial charge in [0.05, 0.1) is 5.60 Å². The van der Waals surface area contributed by atoms with Crippen LogP contribution >= 0.6 is 0 Å². The van der Waals surface area contributed by atoms with Crippen molar-refractivity contribution in [1.29, 1.82) is 0 Å². The molecule has 0 spiro atoms. The van der Waals surface area contributed by atoms with E-state index in [9.17, 15) is 0 Å². The Morgan fingerprint density at radius 1 is 1.50 bits per heavy atom. The predicted octanol–water partition coefficient (Wildman–Crippen LogP) is 1.54. The molecule has 2 heteroatoms. The molecule has 3 atom stereocenters. The molecular weight excluding hydrogens is 150 g/mol. The van der Waals surface area contributed by atoms with Crippen LogP contribution in [0.5, 0.6) is 0 Å². The summed E-state index contributed by atoms with van der Waals surface area (Å²) in [4.78, 5) is 0. The Balaban J connectivity index is 2.08. The summed E-state index contributed by atoms with van der Waals surface area (Å²) in [6.07, 6.45) is 5.36. The van der Waals surface area contributed by atoms with Gasteiger partial charge in [-0.05, 0) is 44.4 Å². The van der Waals surface area contributed by atoms with Crippen LogP contribution in [0.25, 0.3) is 0 Å². The number of rotatable bonds is 3. The van der Waals surface area contributed by atoms with E-state index in [4.69, 9.17) is 10.5 Å². The Hall–Kier alpha value is -0.0800. The van der Waals surface area contributed by atoms with E-state index in [1.165, 1.54) is 25.7 Å². The molecule has 2 bridgehead atoms. The summed E-state index contributed by atoms with van der Waals surface area (Å²) < 4.78 is 5.85. The molecule has 0 radical (unpaired) electrons. The second kappa shape index (κ2) is 3.00. The summed E-state index contributed by atoms with van der Waals surface area (Å²) in [6, 6.07) is 0. The third kappa shape index (κ3) is 1.09. The van der Waals surface area contributed by atoms with Crippen molar-refractivity contribution >= 4 is 0 Å². The average Bonchev–Trinajstić information content (AvgIpc) is 2.64. The molecule has 0 saturated heterocycles. The van der Waals surface area contributed by atoms with E-state index >= 15 is 0 Å². The molecule has 0 aliphatic heterocycles. The van der Waals surface area contributed by atoms with E-state index in [0.29, 0.717) is 0 Å². The van der Waals surface area contributed by atoms with Crippen molar-refractivity contribution < 1.29 is 4.74 Å². The largest absolute Gasteiger partial charge is 0.374 e. The first-order chi connectivity index (χ1) is 5.80. The van der Waals surface area contributed by atoms with E-state index in [1.54, 1.807) is 0 Å². The summed E-state index contributed by atoms with van der Waals surface area (Å²) in [7, 11) is 0. The minimum atomic E-state index is 0.0810.